The van der Waals surface area contributed by atoms with E-state index in [4.69, 9.17) is 16.3 Å². The summed E-state index contributed by atoms with van der Waals surface area (Å²) >= 11 is 5.86. The van der Waals surface area contributed by atoms with Crippen LogP contribution in [0.2, 0.25) is 5.02 Å². The fourth-order valence-electron chi connectivity index (χ4n) is 2.96. The van der Waals surface area contributed by atoms with Gasteiger partial charge in [-0.1, -0.05) is 29.3 Å². The number of benzene rings is 2. The zero-order chi connectivity index (χ0) is 19.2. The second kappa shape index (κ2) is 9.02. The van der Waals surface area contributed by atoms with E-state index < -0.39 is 0 Å². The minimum Gasteiger partial charge on any atom is -0.484 e. The van der Waals surface area contributed by atoms with Gasteiger partial charge >= 0.3 is 0 Å². The third-order valence-electron chi connectivity index (χ3n) is 4.64. The smallest absolute Gasteiger partial charge is 0.260 e. The number of ether oxygens (including phenoxy) is 1. The Morgan fingerprint density at radius 1 is 0.963 bits per heavy atom. The minimum atomic E-state index is -0.0285. The van der Waals surface area contributed by atoms with E-state index in [1.807, 2.05) is 31.2 Å². The van der Waals surface area contributed by atoms with Crippen LogP contribution in [0.15, 0.2) is 48.5 Å². The molecule has 1 aliphatic heterocycles. The van der Waals surface area contributed by atoms with Crippen LogP contribution < -0.4 is 4.74 Å². The average molecular weight is 387 g/mol. The zero-order valence-electron chi connectivity index (χ0n) is 15.4. The van der Waals surface area contributed by atoms with Crippen LogP contribution in [0.4, 0.5) is 0 Å². The number of piperazine rings is 1. The van der Waals surface area contributed by atoms with Gasteiger partial charge in [0.05, 0.1) is 6.54 Å². The Morgan fingerprint density at radius 2 is 1.59 bits per heavy atom. The zero-order valence-corrected chi connectivity index (χ0v) is 16.1. The van der Waals surface area contributed by atoms with Crippen molar-refractivity contribution in [3.05, 3.63) is 64.7 Å². The summed E-state index contributed by atoms with van der Waals surface area (Å²) in [6, 6.07) is 14.6. The number of nitrogens with zero attached hydrogens (tertiary/aromatic N) is 2. The van der Waals surface area contributed by atoms with Crippen molar-refractivity contribution < 1.29 is 14.3 Å². The van der Waals surface area contributed by atoms with Crippen molar-refractivity contribution in [2.24, 2.45) is 0 Å². The molecule has 0 atom stereocenters. The molecule has 0 bridgehead atoms. The van der Waals surface area contributed by atoms with Crippen LogP contribution in [-0.4, -0.2) is 60.8 Å². The van der Waals surface area contributed by atoms with Crippen LogP contribution in [0.1, 0.15) is 15.9 Å². The van der Waals surface area contributed by atoms with Crippen molar-refractivity contribution in [3.8, 4) is 5.75 Å². The lowest BCUT2D eigenvalue weighted by atomic mass is 10.1. The molecule has 27 heavy (non-hydrogen) atoms. The fourth-order valence-corrected chi connectivity index (χ4v) is 3.08. The normalized spacial score (nSPS) is 14.8. The van der Waals surface area contributed by atoms with E-state index in [1.165, 1.54) is 0 Å². The lowest BCUT2D eigenvalue weighted by Crippen LogP contribution is -2.51. The van der Waals surface area contributed by atoms with Gasteiger partial charge in [0.25, 0.3) is 5.91 Å². The third-order valence-corrected chi connectivity index (χ3v) is 4.89. The van der Waals surface area contributed by atoms with E-state index in [9.17, 15) is 9.59 Å². The molecule has 3 rings (SSSR count). The highest BCUT2D eigenvalue weighted by atomic mass is 35.5. The maximum Gasteiger partial charge on any atom is 0.260 e. The fraction of sp³-hybridized carbons (Fsp3) is 0.333. The lowest BCUT2D eigenvalue weighted by molar-refractivity contribution is -0.135. The molecule has 142 valence electrons. The number of carbonyl (C=O) groups is 2. The summed E-state index contributed by atoms with van der Waals surface area (Å²) in [5, 5.41) is 0.617. The summed E-state index contributed by atoms with van der Waals surface area (Å²) < 4.78 is 5.57. The molecule has 0 spiro atoms. The number of amides is 1. The molecule has 1 aliphatic rings. The Bertz CT molecular complexity index is 782. The van der Waals surface area contributed by atoms with Crippen molar-refractivity contribution in [2.75, 3.05) is 39.3 Å². The van der Waals surface area contributed by atoms with Crippen molar-refractivity contribution in [1.29, 1.82) is 0 Å². The van der Waals surface area contributed by atoms with Gasteiger partial charge in [0, 0.05) is 36.8 Å². The Labute approximate surface area is 164 Å². The van der Waals surface area contributed by atoms with Crippen molar-refractivity contribution in [3.63, 3.8) is 0 Å². The largest absolute Gasteiger partial charge is 0.484 e. The summed E-state index contributed by atoms with van der Waals surface area (Å²) in [5.41, 5.74) is 1.81. The molecule has 0 N–H and O–H groups in total. The van der Waals surface area contributed by atoms with Crippen LogP contribution in [0.3, 0.4) is 0 Å². The number of hydrogen-bond acceptors (Lipinski definition) is 4. The van der Waals surface area contributed by atoms with Gasteiger partial charge in [-0.05, 0) is 43.3 Å². The molecule has 6 heteroatoms. The SMILES string of the molecule is Cc1ccc(OCC(=O)N2CCN(CC(=O)c3ccc(Cl)cc3)CC2)cc1. The molecule has 0 saturated carbocycles. The van der Waals surface area contributed by atoms with Crippen LogP contribution in [0.25, 0.3) is 0 Å². The first-order valence-corrected chi connectivity index (χ1v) is 9.37. The van der Waals surface area contributed by atoms with Gasteiger partial charge in [-0.15, -0.1) is 0 Å². The summed E-state index contributed by atoms with van der Waals surface area (Å²) in [7, 11) is 0. The quantitative estimate of drug-likeness (QED) is 0.716. The molecule has 1 saturated heterocycles. The Morgan fingerprint density at radius 3 is 2.22 bits per heavy atom. The molecule has 0 aliphatic carbocycles. The summed E-state index contributed by atoms with van der Waals surface area (Å²) in [5.74, 6) is 0.731. The van der Waals surface area contributed by atoms with Gasteiger partial charge in [-0.25, -0.2) is 0 Å². The first-order chi connectivity index (χ1) is 13.0. The lowest BCUT2D eigenvalue weighted by Gasteiger charge is -2.34. The highest BCUT2D eigenvalue weighted by Crippen LogP contribution is 2.13. The summed E-state index contributed by atoms with van der Waals surface area (Å²) in [6.45, 7) is 4.95. The average Bonchev–Trinajstić information content (AvgIpc) is 2.68. The number of aryl methyl sites for hydroxylation is 1. The Kier molecular flexibility index (Phi) is 6.48. The predicted octanol–water partition coefficient (Wildman–Crippen LogP) is 3.05. The predicted molar refractivity (Wildman–Crippen MR) is 105 cm³/mol. The van der Waals surface area contributed by atoms with Crippen molar-refractivity contribution in [2.45, 2.75) is 6.92 Å². The number of Topliss-reactive ketones (excluding diaryl/α,β-unsaturated/α-hetero) is 1. The van der Waals surface area contributed by atoms with E-state index >= 15 is 0 Å². The number of halogens is 1. The van der Waals surface area contributed by atoms with E-state index in [2.05, 4.69) is 4.90 Å². The maximum absolute atomic E-state index is 12.3. The number of ketones is 1. The standard InChI is InChI=1S/C21H23ClN2O3/c1-16-2-8-19(9-3-16)27-15-21(26)24-12-10-23(11-13-24)14-20(25)17-4-6-18(22)7-5-17/h2-9H,10-15H2,1H3. The molecular formula is C21H23ClN2O3. The third kappa shape index (κ3) is 5.55. The molecule has 0 aromatic heterocycles. The van der Waals surface area contributed by atoms with Gasteiger partial charge in [0.15, 0.2) is 12.4 Å². The van der Waals surface area contributed by atoms with E-state index in [-0.39, 0.29) is 18.3 Å². The molecule has 1 amide bonds. The number of carbonyl (C=O) groups excluding carboxylic acids is 2. The first kappa shape index (κ1) is 19.4. The van der Waals surface area contributed by atoms with Crippen molar-refractivity contribution >= 4 is 23.3 Å². The van der Waals surface area contributed by atoms with Crippen LogP contribution >= 0.6 is 11.6 Å². The first-order valence-electron chi connectivity index (χ1n) is 8.99. The van der Waals surface area contributed by atoms with E-state index in [1.54, 1.807) is 29.2 Å². The van der Waals surface area contributed by atoms with Crippen LogP contribution in [-0.2, 0) is 4.79 Å². The minimum absolute atomic E-state index is 0.0285. The number of rotatable bonds is 6. The monoisotopic (exact) mass is 386 g/mol. The Balaban J connectivity index is 1.42. The van der Waals surface area contributed by atoms with Crippen molar-refractivity contribution in [1.82, 2.24) is 9.80 Å². The Hall–Kier alpha value is -2.37. The number of hydrogen-bond donors (Lipinski definition) is 0. The molecule has 1 fully saturated rings. The topological polar surface area (TPSA) is 49.9 Å². The van der Waals surface area contributed by atoms with Gasteiger partial charge < -0.3 is 9.64 Å². The second-order valence-electron chi connectivity index (χ2n) is 6.69. The molecule has 2 aromatic rings. The van der Waals surface area contributed by atoms with Gasteiger partial charge in [-0.3, -0.25) is 14.5 Å². The van der Waals surface area contributed by atoms with Gasteiger partial charge in [0.2, 0.25) is 0 Å². The molecule has 0 unspecified atom stereocenters. The molecule has 5 nitrogen and oxygen atoms in total. The highest BCUT2D eigenvalue weighted by Gasteiger charge is 2.23. The summed E-state index contributed by atoms with van der Waals surface area (Å²) in [6.07, 6.45) is 0. The molecular weight excluding hydrogens is 364 g/mol. The van der Waals surface area contributed by atoms with Crippen LogP contribution in [0, 0.1) is 6.92 Å². The maximum atomic E-state index is 12.3. The molecule has 1 heterocycles. The molecule has 2 aromatic carbocycles. The highest BCUT2D eigenvalue weighted by molar-refractivity contribution is 6.30. The molecule has 0 radical (unpaired) electrons. The van der Waals surface area contributed by atoms with E-state index in [0.717, 1.165) is 5.56 Å². The van der Waals surface area contributed by atoms with E-state index in [0.29, 0.717) is 49.1 Å². The van der Waals surface area contributed by atoms with Gasteiger partial charge in [-0.2, -0.15) is 0 Å². The van der Waals surface area contributed by atoms with Crippen LogP contribution in [0.5, 0.6) is 5.75 Å². The summed E-state index contributed by atoms with van der Waals surface area (Å²) in [4.78, 5) is 28.5. The van der Waals surface area contributed by atoms with Gasteiger partial charge in [0.1, 0.15) is 5.75 Å². The second-order valence-corrected chi connectivity index (χ2v) is 7.13.